The molecule has 1 aliphatic carbocycles. The van der Waals surface area contributed by atoms with E-state index < -0.39 is 17.7 Å². The first kappa shape index (κ1) is 12.6. The van der Waals surface area contributed by atoms with E-state index in [1.165, 1.54) is 0 Å². The summed E-state index contributed by atoms with van der Waals surface area (Å²) in [6.07, 6.45) is 2.75. The molecule has 0 radical (unpaired) electrons. The van der Waals surface area contributed by atoms with E-state index in [1.54, 1.807) is 12.1 Å². The second-order valence-electron chi connectivity index (χ2n) is 4.92. The zero-order chi connectivity index (χ0) is 13.6. The van der Waals surface area contributed by atoms with Crippen molar-refractivity contribution in [2.45, 2.75) is 31.0 Å². The van der Waals surface area contributed by atoms with Crippen LogP contribution in [0.3, 0.4) is 0 Å². The molecular formula is C13H14ClNO4. The summed E-state index contributed by atoms with van der Waals surface area (Å²) in [5.74, 6) is -1.25. The Morgan fingerprint density at radius 2 is 2.05 bits per heavy atom. The average Bonchev–Trinajstić information content (AvgIpc) is 2.68. The first-order chi connectivity index (χ1) is 9.04. The molecule has 3 rings (SSSR count). The maximum atomic E-state index is 11.2. The minimum absolute atomic E-state index is 0.0140. The van der Waals surface area contributed by atoms with E-state index in [0.29, 0.717) is 22.1 Å². The van der Waals surface area contributed by atoms with Crippen LogP contribution in [0, 0.1) is 0 Å². The fourth-order valence-electron chi connectivity index (χ4n) is 2.43. The van der Waals surface area contributed by atoms with Gasteiger partial charge in [0.25, 0.3) is 5.79 Å². The fraction of sp³-hybridized carbons (Fsp3) is 0.462. The van der Waals surface area contributed by atoms with Gasteiger partial charge < -0.3 is 20.3 Å². The number of fused-ring (bicyclic) bond motifs is 1. The predicted molar refractivity (Wildman–Crippen MR) is 68.7 cm³/mol. The molecule has 1 aliphatic heterocycles. The number of hydrogen-bond acceptors (Lipinski definition) is 4. The Hall–Kier alpha value is -1.46. The Labute approximate surface area is 115 Å². The van der Waals surface area contributed by atoms with Crippen LogP contribution in [0.15, 0.2) is 12.1 Å². The van der Waals surface area contributed by atoms with Crippen molar-refractivity contribution in [3.63, 3.8) is 0 Å². The quantitative estimate of drug-likeness (QED) is 0.888. The fourth-order valence-corrected chi connectivity index (χ4v) is 2.71. The minimum Gasteiger partial charge on any atom is -0.481 e. The summed E-state index contributed by atoms with van der Waals surface area (Å²) in [5.41, 5.74) is 5.97. The molecule has 1 heterocycles. The summed E-state index contributed by atoms with van der Waals surface area (Å²) in [6.45, 7) is -0.0140. The maximum absolute atomic E-state index is 11.2. The van der Waals surface area contributed by atoms with E-state index in [0.717, 1.165) is 19.3 Å². The van der Waals surface area contributed by atoms with Gasteiger partial charge in [-0.2, -0.15) is 0 Å². The van der Waals surface area contributed by atoms with Gasteiger partial charge in [-0.15, -0.1) is 0 Å². The number of hydrogen-bond donors (Lipinski definition) is 2. The lowest BCUT2D eigenvalue weighted by Crippen LogP contribution is -2.45. The molecule has 0 saturated heterocycles. The van der Waals surface area contributed by atoms with Gasteiger partial charge in [0.15, 0.2) is 11.5 Å². The Bertz CT molecular complexity index is 542. The number of aliphatic carboxylic acids is 1. The highest BCUT2D eigenvalue weighted by Crippen LogP contribution is 2.50. The lowest BCUT2D eigenvalue weighted by atomic mass is 9.91. The molecule has 0 bridgehead atoms. The number of rotatable bonds is 3. The molecule has 6 heteroatoms. The van der Waals surface area contributed by atoms with Gasteiger partial charge in [0.05, 0.1) is 5.92 Å². The summed E-state index contributed by atoms with van der Waals surface area (Å²) in [5, 5.41) is 9.49. The summed E-state index contributed by atoms with van der Waals surface area (Å²) >= 11 is 6.13. The molecule has 1 aromatic rings. The largest absolute Gasteiger partial charge is 0.481 e. The molecule has 102 valence electrons. The Kier molecular flexibility index (Phi) is 2.83. The van der Waals surface area contributed by atoms with Crippen molar-refractivity contribution in [2.75, 3.05) is 6.54 Å². The van der Waals surface area contributed by atoms with Crippen LogP contribution < -0.4 is 15.2 Å². The van der Waals surface area contributed by atoms with E-state index in [2.05, 4.69) is 0 Å². The number of carbonyl (C=O) groups is 1. The van der Waals surface area contributed by atoms with Crippen molar-refractivity contribution < 1.29 is 19.4 Å². The summed E-state index contributed by atoms with van der Waals surface area (Å²) < 4.78 is 11.5. The Morgan fingerprint density at radius 1 is 1.42 bits per heavy atom. The molecule has 0 amide bonds. The van der Waals surface area contributed by atoms with Crippen LogP contribution >= 0.6 is 11.6 Å². The van der Waals surface area contributed by atoms with Gasteiger partial charge in [-0.3, -0.25) is 4.79 Å². The van der Waals surface area contributed by atoms with Crippen LogP contribution in [0.2, 0.25) is 5.02 Å². The molecule has 2 aliphatic rings. The minimum atomic E-state index is -0.998. The van der Waals surface area contributed by atoms with Crippen LogP contribution in [0.5, 0.6) is 11.5 Å². The Balaban J connectivity index is 1.97. The van der Waals surface area contributed by atoms with Crippen LogP contribution in [0.25, 0.3) is 0 Å². The first-order valence-electron chi connectivity index (χ1n) is 6.19. The highest BCUT2D eigenvalue weighted by molar-refractivity contribution is 6.31. The van der Waals surface area contributed by atoms with E-state index in [-0.39, 0.29) is 6.54 Å². The molecule has 1 aromatic carbocycles. The van der Waals surface area contributed by atoms with Crippen molar-refractivity contribution in [3.8, 4) is 11.5 Å². The molecule has 1 fully saturated rings. The zero-order valence-electron chi connectivity index (χ0n) is 10.2. The van der Waals surface area contributed by atoms with E-state index >= 15 is 0 Å². The third-order valence-electron chi connectivity index (χ3n) is 3.68. The predicted octanol–water partition coefficient (Wildman–Crippen LogP) is 2.12. The van der Waals surface area contributed by atoms with Crippen molar-refractivity contribution in [1.29, 1.82) is 0 Å². The third kappa shape index (κ3) is 1.93. The standard InChI is InChI=1S/C13H14ClNO4/c14-9-5-11-10(18-13(19-11)2-1-3-13)4-7(9)8(6-15)12(16)17/h4-5,8H,1-3,6,15H2,(H,16,17). The lowest BCUT2D eigenvalue weighted by Gasteiger charge is -2.35. The molecule has 5 nitrogen and oxygen atoms in total. The maximum Gasteiger partial charge on any atom is 0.312 e. The molecule has 1 unspecified atom stereocenters. The summed E-state index contributed by atoms with van der Waals surface area (Å²) in [4.78, 5) is 11.2. The molecule has 1 spiro atoms. The SMILES string of the molecule is NCC(C(=O)O)c1cc2c(cc1Cl)OC1(CCC1)O2. The second-order valence-corrected chi connectivity index (χ2v) is 5.32. The highest BCUT2D eigenvalue weighted by atomic mass is 35.5. The van der Waals surface area contributed by atoms with E-state index in [4.69, 9.17) is 31.9 Å². The zero-order valence-corrected chi connectivity index (χ0v) is 10.9. The van der Waals surface area contributed by atoms with Gasteiger partial charge >= 0.3 is 5.97 Å². The number of carboxylic acid groups (broad SMARTS) is 1. The number of benzene rings is 1. The topological polar surface area (TPSA) is 81.8 Å². The smallest absolute Gasteiger partial charge is 0.312 e. The molecular weight excluding hydrogens is 270 g/mol. The monoisotopic (exact) mass is 283 g/mol. The highest BCUT2D eigenvalue weighted by Gasteiger charge is 2.47. The van der Waals surface area contributed by atoms with Gasteiger partial charge in [0.2, 0.25) is 0 Å². The van der Waals surface area contributed by atoms with Crippen molar-refractivity contribution in [3.05, 3.63) is 22.7 Å². The molecule has 1 saturated carbocycles. The van der Waals surface area contributed by atoms with Gasteiger partial charge in [-0.1, -0.05) is 11.6 Å². The average molecular weight is 284 g/mol. The second kappa shape index (κ2) is 4.28. The van der Waals surface area contributed by atoms with Crippen molar-refractivity contribution >= 4 is 17.6 Å². The third-order valence-corrected chi connectivity index (χ3v) is 4.01. The lowest BCUT2D eigenvalue weighted by molar-refractivity contribution is -0.138. The van der Waals surface area contributed by atoms with Crippen LogP contribution in [-0.2, 0) is 4.79 Å². The normalized spacial score (nSPS) is 20.1. The van der Waals surface area contributed by atoms with Crippen molar-refractivity contribution in [2.24, 2.45) is 5.73 Å². The molecule has 0 aromatic heterocycles. The van der Waals surface area contributed by atoms with Crippen LogP contribution in [0.4, 0.5) is 0 Å². The molecule has 19 heavy (non-hydrogen) atoms. The van der Waals surface area contributed by atoms with Gasteiger partial charge in [-0.25, -0.2) is 0 Å². The first-order valence-corrected chi connectivity index (χ1v) is 6.57. The summed E-state index contributed by atoms with van der Waals surface area (Å²) in [6, 6.07) is 3.25. The van der Waals surface area contributed by atoms with Crippen LogP contribution in [-0.4, -0.2) is 23.4 Å². The number of carboxylic acids is 1. The number of nitrogens with two attached hydrogens (primary N) is 1. The Morgan fingerprint density at radius 3 is 2.53 bits per heavy atom. The van der Waals surface area contributed by atoms with Crippen molar-refractivity contribution in [1.82, 2.24) is 0 Å². The molecule has 1 atom stereocenters. The van der Waals surface area contributed by atoms with E-state index in [1.807, 2.05) is 0 Å². The summed E-state index contributed by atoms with van der Waals surface area (Å²) in [7, 11) is 0. The van der Waals surface area contributed by atoms with Gasteiger partial charge in [0.1, 0.15) is 0 Å². The number of halogens is 1. The van der Waals surface area contributed by atoms with Crippen LogP contribution in [0.1, 0.15) is 30.7 Å². The van der Waals surface area contributed by atoms with Gasteiger partial charge in [-0.05, 0) is 18.1 Å². The number of ether oxygens (including phenoxy) is 2. The molecule has 3 N–H and O–H groups in total. The van der Waals surface area contributed by atoms with Gasteiger partial charge in [0, 0.05) is 30.5 Å². The van der Waals surface area contributed by atoms with E-state index in [9.17, 15) is 4.79 Å².